The Morgan fingerprint density at radius 3 is 2.21 bits per heavy atom. The molecule has 1 heterocycles. The number of allylic oxidation sites excluding steroid dienone is 2. The van der Waals surface area contributed by atoms with Crippen LogP contribution >= 0.6 is 11.6 Å². The molecule has 19 heavy (non-hydrogen) atoms. The maximum Gasteiger partial charge on any atom is 0.0563 e. The first kappa shape index (κ1) is 16.3. The zero-order chi connectivity index (χ0) is 14.1. The van der Waals surface area contributed by atoms with E-state index in [2.05, 4.69) is 30.0 Å². The second-order valence-electron chi connectivity index (χ2n) is 5.32. The molecule has 1 saturated heterocycles. The highest BCUT2D eigenvalue weighted by Crippen LogP contribution is 2.13. The molecule has 0 aromatic carbocycles. The summed E-state index contributed by atoms with van der Waals surface area (Å²) in [5, 5.41) is 3.54. The van der Waals surface area contributed by atoms with Crippen molar-refractivity contribution in [1.82, 2.24) is 10.2 Å². The smallest absolute Gasteiger partial charge is 0.0563 e. The molecule has 3 heteroatoms. The van der Waals surface area contributed by atoms with Crippen molar-refractivity contribution >= 4 is 11.6 Å². The summed E-state index contributed by atoms with van der Waals surface area (Å²) in [7, 11) is 0. The quantitative estimate of drug-likeness (QED) is 0.524. The number of hydrogen-bond donors (Lipinski definition) is 1. The Morgan fingerprint density at radius 1 is 1.00 bits per heavy atom. The van der Waals surface area contributed by atoms with Gasteiger partial charge in [-0.15, -0.1) is 0 Å². The lowest BCUT2D eigenvalue weighted by Crippen LogP contribution is -2.25. The molecule has 1 rings (SSSR count). The molecule has 0 bridgehead atoms. The Hall–Kier alpha value is -0.730. The van der Waals surface area contributed by atoms with Crippen molar-refractivity contribution < 1.29 is 0 Å². The van der Waals surface area contributed by atoms with Crippen molar-refractivity contribution in [2.75, 3.05) is 19.6 Å². The first-order valence-corrected chi connectivity index (χ1v) is 7.68. The number of unbranched alkanes of at least 4 members (excludes halogenated alkanes) is 1. The van der Waals surface area contributed by atoms with Crippen molar-refractivity contribution in [2.24, 2.45) is 0 Å². The van der Waals surface area contributed by atoms with Crippen LogP contribution in [-0.4, -0.2) is 24.5 Å². The van der Waals surface area contributed by atoms with Crippen molar-refractivity contribution in [3.63, 3.8) is 0 Å². The molecule has 0 aliphatic carbocycles. The Balaban J connectivity index is 2.07. The summed E-state index contributed by atoms with van der Waals surface area (Å²) >= 11 is 5.75. The molecule has 0 radical (unpaired) electrons. The Morgan fingerprint density at radius 2 is 1.63 bits per heavy atom. The van der Waals surface area contributed by atoms with Gasteiger partial charge in [0.05, 0.1) is 5.03 Å². The highest BCUT2D eigenvalue weighted by Gasteiger charge is 2.08. The maximum atomic E-state index is 5.75. The van der Waals surface area contributed by atoms with E-state index in [1.165, 1.54) is 51.7 Å². The van der Waals surface area contributed by atoms with Crippen LogP contribution in [0.25, 0.3) is 0 Å². The van der Waals surface area contributed by atoms with Crippen LogP contribution in [0.1, 0.15) is 44.9 Å². The number of hydrogen-bond acceptors (Lipinski definition) is 2. The fraction of sp³-hybridized carbons (Fsp3) is 0.625. The van der Waals surface area contributed by atoms with Crippen LogP contribution in [0.4, 0.5) is 0 Å². The number of likely N-dealkylation sites (tertiary alicyclic amines) is 1. The Bertz CT molecular complexity index is 315. The number of nitrogens with one attached hydrogen (secondary N) is 1. The van der Waals surface area contributed by atoms with E-state index in [-0.39, 0.29) is 0 Å². The predicted molar refractivity (Wildman–Crippen MR) is 85.2 cm³/mol. The fourth-order valence-electron chi connectivity index (χ4n) is 2.38. The fourth-order valence-corrected chi connectivity index (χ4v) is 2.42. The number of halogens is 1. The highest BCUT2D eigenvalue weighted by molar-refractivity contribution is 6.31. The monoisotopic (exact) mass is 282 g/mol. The minimum Gasteiger partial charge on any atom is -0.359 e. The summed E-state index contributed by atoms with van der Waals surface area (Å²) < 4.78 is 0. The van der Waals surface area contributed by atoms with Gasteiger partial charge < -0.3 is 10.2 Å². The standard InChI is InChI=1S/C16H27ClN2/c1-14(18-16(3)15(2)17)10-6-9-13-19-11-7-4-5-8-12-19/h18H,1-13H2. The molecule has 0 unspecified atom stereocenters. The van der Waals surface area contributed by atoms with E-state index in [0.29, 0.717) is 10.7 Å². The second-order valence-corrected chi connectivity index (χ2v) is 5.78. The van der Waals surface area contributed by atoms with Gasteiger partial charge >= 0.3 is 0 Å². The summed E-state index contributed by atoms with van der Waals surface area (Å²) in [6.07, 6.45) is 8.90. The van der Waals surface area contributed by atoms with Gasteiger partial charge in [0, 0.05) is 11.4 Å². The van der Waals surface area contributed by atoms with Gasteiger partial charge in [0.15, 0.2) is 0 Å². The average molecular weight is 283 g/mol. The van der Waals surface area contributed by atoms with Crippen molar-refractivity contribution in [3.8, 4) is 0 Å². The lowest BCUT2D eigenvalue weighted by molar-refractivity contribution is 0.279. The molecule has 0 aromatic rings. The zero-order valence-corrected chi connectivity index (χ0v) is 12.8. The maximum absolute atomic E-state index is 5.75. The molecule has 1 fully saturated rings. The third-order valence-electron chi connectivity index (χ3n) is 3.56. The average Bonchev–Trinajstić information content (AvgIpc) is 2.63. The van der Waals surface area contributed by atoms with E-state index in [9.17, 15) is 0 Å². The largest absolute Gasteiger partial charge is 0.359 e. The number of nitrogens with zero attached hydrogens (tertiary/aromatic N) is 1. The van der Waals surface area contributed by atoms with Gasteiger partial charge in [-0.3, -0.25) is 0 Å². The predicted octanol–water partition coefficient (Wildman–Crippen LogP) is 4.40. The van der Waals surface area contributed by atoms with E-state index in [1.54, 1.807) is 0 Å². The molecule has 0 amide bonds. The second kappa shape index (κ2) is 9.22. The molecule has 1 N–H and O–H groups in total. The van der Waals surface area contributed by atoms with Crippen LogP contribution < -0.4 is 5.32 Å². The Labute approximate surface area is 123 Å². The Kier molecular flexibility index (Phi) is 7.92. The minimum absolute atomic E-state index is 0.450. The highest BCUT2D eigenvalue weighted by atomic mass is 35.5. The molecule has 0 atom stereocenters. The van der Waals surface area contributed by atoms with Gasteiger partial charge in [0.2, 0.25) is 0 Å². The van der Waals surface area contributed by atoms with E-state index in [4.69, 9.17) is 11.6 Å². The lowest BCUT2D eigenvalue weighted by atomic mass is 10.2. The molecular formula is C16H27ClN2. The van der Waals surface area contributed by atoms with E-state index in [1.807, 2.05) is 0 Å². The summed E-state index contributed by atoms with van der Waals surface area (Å²) in [5.74, 6) is 0. The van der Waals surface area contributed by atoms with E-state index < -0.39 is 0 Å². The van der Waals surface area contributed by atoms with Gasteiger partial charge in [-0.05, 0) is 51.7 Å². The van der Waals surface area contributed by atoms with Gasteiger partial charge in [0.25, 0.3) is 0 Å². The van der Waals surface area contributed by atoms with Crippen LogP contribution in [0.15, 0.2) is 36.2 Å². The van der Waals surface area contributed by atoms with Crippen LogP contribution in [0.2, 0.25) is 0 Å². The first-order valence-electron chi connectivity index (χ1n) is 7.30. The molecule has 0 aromatic heterocycles. The van der Waals surface area contributed by atoms with E-state index >= 15 is 0 Å². The van der Waals surface area contributed by atoms with Crippen LogP contribution in [0.5, 0.6) is 0 Å². The minimum atomic E-state index is 0.450. The summed E-state index contributed by atoms with van der Waals surface area (Å²) in [6.45, 7) is 15.2. The van der Waals surface area contributed by atoms with Crippen LogP contribution in [-0.2, 0) is 0 Å². The van der Waals surface area contributed by atoms with Crippen LogP contribution in [0.3, 0.4) is 0 Å². The topological polar surface area (TPSA) is 15.3 Å². The summed E-state index contributed by atoms with van der Waals surface area (Å²) in [5.41, 5.74) is 1.63. The normalized spacial score (nSPS) is 16.7. The number of rotatable bonds is 8. The van der Waals surface area contributed by atoms with Crippen molar-refractivity contribution in [1.29, 1.82) is 0 Å². The van der Waals surface area contributed by atoms with Gasteiger partial charge in [0.1, 0.15) is 0 Å². The van der Waals surface area contributed by atoms with E-state index in [0.717, 1.165) is 18.5 Å². The van der Waals surface area contributed by atoms with Gasteiger partial charge in [-0.2, -0.15) is 0 Å². The van der Waals surface area contributed by atoms with Crippen molar-refractivity contribution in [2.45, 2.75) is 44.9 Å². The van der Waals surface area contributed by atoms with Crippen LogP contribution in [0, 0.1) is 0 Å². The van der Waals surface area contributed by atoms with Gasteiger partial charge in [-0.1, -0.05) is 44.2 Å². The van der Waals surface area contributed by atoms with Crippen molar-refractivity contribution in [3.05, 3.63) is 36.2 Å². The lowest BCUT2D eigenvalue weighted by Gasteiger charge is -2.19. The molecule has 0 saturated carbocycles. The molecule has 1 aliphatic rings. The SMILES string of the molecule is C=C(CCCCN1CCCCCC1)NC(=C)C(=C)Cl. The third-order valence-corrected chi connectivity index (χ3v) is 3.78. The third kappa shape index (κ3) is 7.44. The summed E-state index contributed by atoms with van der Waals surface area (Å²) in [6, 6.07) is 0. The first-order chi connectivity index (χ1) is 9.09. The molecule has 108 valence electrons. The molecular weight excluding hydrogens is 256 g/mol. The summed E-state index contributed by atoms with van der Waals surface area (Å²) in [4.78, 5) is 2.60. The zero-order valence-electron chi connectivity index (χ0n) is 12.0. The van der Waals surface area contributed by atoms with Gasteiger partial charge in [-0.25, -0.2) is 0 Å². The molecule has 2 nitrogen and oxygen atoms in total. The molecule has 0 spiro atoms. The molecule has 1 aliphatic heterocycles.